The summed E-state index contributed by atoms with van der Waals surface area (Å²) in [6.45, 7) is 8.70. The van der Waals surface area contributed by atoms with E-state index in [-0.39, 0.29) is 5.92 Å². The molecule has 0 rings (SSSR count). The van der Waals surface area contributed by atoms with Gasteiger partial charge >= 0.3 is 12.1 Å². The molecule has 16 heavy (non-hydrogen) atoms. The lowest BCUT2D eigenvalue weighted by molar-refractivity contribution is -0.142. The largest absolute Gasteiger partial charge is 0.480 e. The predicted molar refractivity (Wildman–Crippen MR) is 68.4 cm³/mol. The second-order valence-electron chi connectivity index (χ2n) is 4.82. The van der Waals surface area contributed by atoms with Gasteiger partial charge in [0.25, 0.3) is 0 Å². The van der Waals surface area contributed by atoms with Crippen LogP contribution in [-0.2, 0) is 9.53 Å². The Hall–Kier alpha value is -0.530. The molecule has 0 fully saturated rings. The fourth-order valence-corrected chi connectivity index (χ4v) is 2.04. The molecule has 5 nitrogen and oxygen atoms in total. The van der Waals surface area contributed by atoms with Crippen LogP contribution in [0.3, 0.4) is 0 Å². The van der Waals surface area contributed by atoms with Crippen molar-refractivity contribution in [2.75, 3.05) is 0 Å². The Bertz CT molecular complexity index is 272. The molecule has 1 atom stereocenters. The molecule has 0 aliphatic heterocycles. The molecule has 0 spiro atoms. The number of carboxylic acids is 1. The lowest BCUT2D eigenvalue weighted by Gasteiger charge is -2.28. The molecule has 0 aromatic carbocycles. The standard InChI is InChI=1S/C10H18INO4/c1-6(2)7(8(13)14)12(11)9(15)16-10(3,4)5/h6-7H,1-5H3,(H,13,14)/t7-/m0/s1. The molecular weight excluding hydrogens is 325 g/mol. The maximum atomic E-state index is 11.6. The van der Waals surface area contributed by atoms with Crippen LogP contribution in [0.15, 0.2) is 0 Å². The highest BCUT2D eigenvalue weighted by atomic mass is 127. The lowest BCUT2D eigenvalue weighted by atomic mass is 10.1. The van der Waals surface area contributed by atoms with Crippen LogP contribution >= 0.6 is 22.9 Å². The van der Waals surface area contributed by atoms with Crippen LogP contribution in [0.4, 0.5) is 4.79 Å². The Morgan fingerprint density at radius 1 is 1.31 bits per heavy atom. The number of carboxylic acid groups (broad SMARTS) is 1. The van der Waals surface area contributed by atoms with Gasteiger partial charge in [0.2, 0.25) is 0 Å². The van der Waals surface area contributed by atoms with Crippen molar-refractivity contribution >= 4 is 34.9 Å². The van der Waals surface area contributed by atoms with E-state index in [0.717, 1.165) is 3.11 Å². The minimum Gasteiger partial charge on any atom is -0.480 e. The number of aliphatic carboxylic acids is 1. The average Bonchev–Trinajstić information content (AvgIpc) is 1.98. The summed E-state index contributed by atoms with van der Waals surface area (Å²) in [7, 11) is 0. The second kappa shape index (κ2) is 5.70. The van der Waals surface area contributed by atoms with E-state index in [0.29, 0.717) is 0 Å². The molecule has 0 heterocycles. The highest BCUT2D eigenvalue weighted by Gasteiger charge is 2.33. The number of halogens is 1. The van der Waals surface area contributed by atoms with Gasteiger partial charge in [0.15, 0.2) is 0 Å². The molecule has 0 aliphatic rings. The van der Waals surface area contributed by atoms with E-state index in [2.05, 4.69) is 0 Å². The Morgan fingerprint density at radius 2 is 1.75 bits per heavy atom. The first kappa shape index (κ1) is 15.5. The van der Waals surface area contributed by atoms with Crippen molar-refractivity contribution in [1.29, 1.82) is 0 Å². The van der Waals surface area contributed by atoms with Gasteiger partial charge in [-0.15, -0.1) is 0 Å². The minimum absolute atomic E-state index is 0.179. The zero-order valence-corrected chi connectivity index (χ0v) is 12.3. The molecule has 0 unspecified atom stereocenters. The van der Waals surface area contributed by atoms with Gasteiger partial charge in [-0.05, 0) is 26.7 Å². The fraction of sp³-hybridized carbons (Fsp3) is 0.800. The van der Waals surface area contributed by atoms with Gasteiger partial charge in [0.1, 0.15) is 11.6 Å². The molecule has 0 saturated heterocycles. The molecule has 0 aromatic heterocycles. The summed E-state index contributed by atoms with van der Waals surface area (Å²) in [6, 6.07) is -0.879. The van der Waals surface area contributed by atoms with Crippen molar-refractivity contribution in [1.82, 2.24) is 3.11 Å². The van der Waals surface area contributed by atoms with E-state index in [1.165, 1.54) is 0 Å². The first-order valence-corrected chi connectivity index (χ1v) is 5.93. The Kier molecular flexibility index (Phi) is 5.51. The molecule has 1 amide bonds. The topological polar surface area (TPSA) is 66.8 Å². The van der Waals surface area contributed by atoms with Crippen LogP contribution in [0.25, 0.3) is 0 Å². The van der Waals surface area contributed by atoms with Gasteiger partial charge in [0.05, 0.1) is 22.9 Å². The van der Waals surface area contributed by atoms with Gasteiger partial charge in [-0.1, -0.05) is 13.8 Å². The molecule has 0 radical (unpaired) electrons. The van der Waals surface area contributed by atoms with Crippen LogP contribution in [0.5, 0.6) is 0 Å². The zero-order valence-electron chi connectivity index (χ0n) is 10.2. The fourth-order valence-electron chi connectivity index (χ4n) is 1.06. The summed E-state index contributed by atoms with van der Waals surface area (Å²) in [5.74, 6) is -1.21. The van der Waals surface area contributed by atoms with E-state index in [1.54, 1.807) is 57.5 Å². The van der Waals surface area contributed by atoms with Crippen LogP contribution in [0, 0.1) is 5.92 Å². The summed E-state index contributed by atoms with van der Waals surface area (Å²) in [5.41, 5.74) is -0.624. The van der Waals surface area contributed by atoms with E-state index in [9.17, 15) is 9.59 Å². The lowest BCUT2D eigenvalue weighted by Crippen LogP contribution is -2.44. The van der Waals surface area contributed by atoms with Gasteiger partial charge in [0, 0.05) is 0 Å². The Balaban J connectivity index is 4.69. The van der Waals surface area contributed by atoms with Crippen molar-refractivity contribution in [3.63, 3.8) is 0 Å². The number of carbonyl (C=O) groups excluding carboxylic acids is 1. The molecule has 0 saturated carbocycles. The van der Waals surface area contributed by atoms with E-state index in [4.69, 9.17) is 9.84 Å². The second-order valence-corrected chi connectivity index (χ2v) is 5.86. The van der Waals surface area contributed by atoms with Gasteiger partial charge in [-0.25, -0.2) is 12.7 Å². The third-order valence-electron chi connectivity index (χ3n) is 1.70. The van der Waals surface area contributed by atoms with Crippen molar-refractivity contribution < 1.29 is 19.4 Å². The van der Waals surface area contributed by atoms with E-state index < -0.39 is 23.7 Å². The van der Waals surface area contributed by atoms with Crippen LogP contribution in [0.1, 0.15) is 34.6 Å². The van der Waals surface area contributed by atoms with Crippen LogP contribution in [0.2, 0.25) is 0 Å². The number of carbonyl (C=O) groups is 2. The Labute approximate surface area is 110 Å². The van der Waals surface area contributed by atoms with Gasteiger partial charge in [-0.2, -0.15) is 0 Å². The van der Waals surface area contributed by atoms with E-state index >= 15 is 0 Å². The summed E-state index contributed by atoms with van der Waals surface area (Å²) >= 11 is 1.68. The SMILES string of the molecule is CC(C)[C@@H](C(=O)O)N(I)C(=O)OC(C)(C)C. The number of hydrogen-bond acceptors (Lipinski definition) is 3. The summed E-state index contributed by atoms with van der Waals surface area (Å²) in [4.78, 5) is 22.6. The maximum Gasteiger partial charge on any atom is 0.419 e. The van der Waals surface area contributed by atoms with Crippen molar-refractivity contribution in [3.8, 4) is 0 Å². The third kappa shape index (κ3) is 5.00. The highest BCUT2D eigenvalue weighted by molar-refractivity contribution is 14.1. The smallest absolute Gasteiger partial charge is 0.419 e. The monoisotopic (exact) mass is 343 g/mol. The van der Waals surface area contributed by atoms with Gasteiger partial charge in [-0.3, -0.25) is 0 Å². The normalized spacial score (nSPS) is 13.4. The average molecular weight is 343 g/mol. The highest BCUT2D eigenvalue weighted by Crippen LogP contribution is 2.20. The zero-order chi connectivity index (χ0) is 13.1. The maximum absolute atomic E-state index is 11.6. The summed E-state index contributed by atoms with van der Waals surface area (Å²) in [5, 5.41) is 9.01. The quantitative estimate of drug-likeness (QED) is 0.632. The molecule has 0 aromatic rings. The molecular formula is C10H18INO4. The number of hydrogen-bond donors (Lipinski definition) is 1. The number of amides is 1. The number of rotatable bonds is 3. The molecule has 0 aliphatic carbocycles. The van der Waals surface area contributed by atoms with Crippen LogP contribution in [-0.4, -0.2) is 31.9 Å². The first-order valence-electron chi connectivity index (χ1n) is 4.97. The van der Waals surface area contributed by atoms with Crippen molar-refractivity contribution in [2.24, 2.45) is 5.92 Å². The predicted octanol–water partition coefficient (Wildman–Crippen LogP) is 2.68. The van der Waals surface area contributed by atoms with E-state index in [1.807, 2.05) is 0 Å². The third-order valence-corrected chi connectivity index (χ3v) is 2.69. The molecule has 0 bridgehead atoms. The number of ether oxygens (including phenoxy) is 1. The van der Waals surface area contributed by atoms with Crippen molar-refractivity contribution in [2.45, 2.75) is 46.3 Å². The van der Waals surface area contributed by atoms with Gasteiger partial charge < -0.3 is 9.84 Å². The molecule has 6 heteroatoms. The summed E-state index contributed by atoms with van der Waals surface area (Å²) in [6.07, 6.45) is -0.630. The summed E-state index contributed by atoms with van der Waals surface area (Å²) < 4.78 is 6.19. The number of nitrogens with zero attached hydrogens (tertiary/aromatic N) is 1. The molecule has 1 N–H and O–H groups in total. The molecule has 94 valence electrons. The Morgan fingerprint density at radius 3 is 2.00 bits per heavy atom. The minimum atomic E-state index is -1.03. The van der Waals surface area contributed by atoms with Crippen molar-refractivity contribution in [3.05, 3.63) is 0 Å². The van der Waals surface area contributed by atoms with Crippen LogP contribution < -0.4 is 0 Å². The first-order chi connectivity index (χ1) is 7.06.